The Bertz CT molecular complexity index is 503. The fourth-order valence-corrected chi connectivity index (χ4v) is 3.69. The van der Waals surface area contributed by atoms with Gasteiger partial charge in [0.05, 0.1) is 11.0 Å². The molecule has 0 spiro atoms. The van der Waals surface area contributed by atoms with Crippen molar-refractivity contribution in [1.29, 1.82) is 0 Å². The SMILES string of the molecule is CC(C)S(=O)(=O)CCN1CCC(c2ccccc2)CC1. The van der Waals surface area contributed by atoms with E-state index in [2.05, 4.69) is 35.2 Å². The Hall–Kier alpha value is -0.870. The van der Waals surface area contributed by atoms with Gasteiger partial charge in [-0.3, -0.25) is 0 Å². The van der Waals surface area contributed by atoms with Crippen molar-refractivity contribution < 1.29 is 8.42 Å². The molecule has 1 saturated heterocycles. The molecule has 0 bridgehead atoms. The van der Waals surface area contributed by atoms with Gasteiger partial charge in [-0.15, -0.1) is 0 Å². The van der Waals surface area contributed by atoms with Gasteiger partial charge in [0.25, 0.3) is 0 Å². The van der Waals surface area contributed by atoms with E-state index in [-0.39, 0.29) is 5.25 Å². The number of rotatable bonds is 5. The van der Waals surface area contributed by atoms with Gasteiger partial charge in [0.1, 0.15) is 0 Å². The Morgan fingerprint density at radius 2 is 1.75 bits per heavy atom. The van der Waals surface area contributed by atoms with Crippen molar-refractivity contribution in [2.75, 3.05) is 25.4 Å². The Balaban J connectivity index is 1.81. The number of hydrogen-bond acceptors (Lipinski definition) is 3. The van der Waals surface area contributed by atoms with Crippen LogP contribution in [0, 0.1) is 0 Å². The summed E-state index contributed by atoms with van der Waals surface area (Å²) in [5.41, 5.74) is 1.42. The largest absolute Gasteiger partial charge is 0.302 e. The molecule has 0 atom stereocenters. The molecule has 1 aromatic carbocycles. The molecule has 0 saturated carbocycles. The Morgan fingerprint density at radius 3 is 2.30 bits per heavy atom. The molecule has 112 valence electrons. The van der Waals surface area contributed by atoms with E-state index in [4.69, 9.17) is 0 Å². The van der Waals surface area contributed by atoms with Gasteiger partial charge in [-0.25, -0.2) is 8.42 Å². The zero-order valence-electron chi connectivity index (χ0n) is 12.5. The molecular weight excluding hydrogens is 270 g/mol. The van der Waals surface area contributed by atoms with E-state index in [0.717, 1.165) is 25.9 Å². The topological polar surface area (TPSA) is 37.4 Å². The zero-order valence-corrected chi connectivity index (χ0v) is 13.3. The number of hydrogen-bond donors (Lipinski definition) is 0. The first-order valence-corrected chi connectivity index (χ1v) is 9.19. The second-order valence-electron chi connectivity index (χ2n) is 5.94. The lowest BCUT2D eigenvalue weighted by Gasteiger charge is -2.32. The van der Waals surface area contributed by atoms with Crippen molar-refractivity contribution in [3.8, 4) is 0 Å². The summed E-state index contributed by atoms with van der Waals surface area (Å²) >= 11 is 0. The summed E-state index contributed by atoms with van der Waals surface area (Å²) in [5.74, 6) is 0.926. The molecule has 1 heterocycles. The monoisotopic (exact) mass is 295 g/mol. The highest BCUT2D eigenvalue weighted by molar-refractivity contribution is 7.92. The van der Waals surface area contributed by atoms with Crippen LogP contribution < -0.4 is 0 Å². The van der Waals surface area contributed by atoms with Crippen LogP contribution in [0.4, 0.5) is 0 Å². The molecular formula is C16H25NO2S. The van der Waals surface area contributed by atoms with Crippen LogP contribution in [0.2, 0.25) is 0 Å². The van der Waals surface area contributed by atoms with Gasteiger partial charge < -0.3 is 4.90 Å². The molecule has 0 N–H and O–H groups in total. The third-order valence-corrected chi connectivity index (χ3v) is 6.46. The van der Waals surface area contributed by atoms with Gasteiger partial charge in [-0.1, -0.05) is 30.3 Å². The highest BCUT2D eigenvalue weighted by Gasteiger charge is 2.22. The van der Waals surface area contributed by atoms with Crippen LogP contribution in [0.15, 0.2) is 30.3 Å². The lowest BCUT2D eigenvalue weighted by molar-refractivity contribution is 0.223. The molecule has 0 aliphatic carbocycles. The third kappa shape index (κ3) is 4.06. The van der Waals surface area contributed by atoms with Gasteiger partial charge in [-0.2, -0.15) is 0 Å². The Labute approximate surface area is 122 Å². The van der Waals surface area contributed by atoms with Crippen LogP contribution in [0.3, 0.4) is 0 Å². The van der Waals surface area contributed by atoms with Crippen molar-refractivity contribution in [1.82, 2.24) is 4.90 Å². The van der Waals surface area contributed by atoms with Gasteiger partial charge in [0, 0.05) is 6.54 Å². The van der Waals surface area contributed by atoms with E-state index in [1.54, 1.807) is 13.8 Å². The normalized spacial score (nSPS) is 18.6. The summed E-state index contributed by atoms with van der Waals surface area (Å²) in [6.45, 7) is 6.22. The molecule has 1 fully saturated rings. The number of benzene rings is 1. The van der Waals surface area contributed by atoms with E-state index in [0.29, 0.717) is 18.2 Å². The predicted octanol–water partition coefficient (Wildman–Crippen LogP) is 2.69. The maximum absolute atomic E-state index is 11.8. The fourth-order valence-electron chi connectivity index (χ4n) is 2.71. The molecule has 1 aliphatic heterocycles. The summed E-state index contributed by atoms with van der Waals surface area (Å²) in [6.07, 6.45) is 2.26. The van der Waals surface area contributed by atoms with Crippen molar-refractivity contribution in [2.45, 2.75) is 37.9 Å². The van der Waals surface area contributed by atoms with E-state index < -0.39 is 9.84 Å². The number of nitrogens with zero attached hydrogens (tertiary/aromatic N) is 1. The first-order chi connectivity index (χ1) is 9.49. The molecule has 0 aromatic heterocycles. The minimum absolute atomic E-state index is 0.260. The van der Waals surface area contributed by atoms with E-state index in [9.17, 15) is 8.42 Å². The average Bonchev–Trinajstić information content (AvgIpc) is 2.46. The van der Waals surface area contributed by atoms with Crippen LogP contribution in [-0.2, 0) is 9.84 Å². The minimum atomic E-state index is -2.90. The van der Waals surface area contributed by atoms with E-state index >= 15 is 0 Å². The first-order valence-electron chi connectivity index (χ1n) is 7.48. The molecule has 1 aromatic rings. The molecule has 20 heavy (non-hydrogen) atoms. The molecule has 3 nitrogen and oxygen atoms in total. The second kappa shape index (κ2) is 6.72. The minimum Gasteiger partial charge on any atom is -0.302 e. The van der Waals surface area contributed by atoms with E-state index in [1.807, 2.05) is 0 Å². The highest BCUT2D eigenvalue weighted by Crippen LogP contribution is 2.27. The number of sulfone groups is 1. The van der Waals surface area contributed by atoms with Crippen LogP contribution in [0.1, 0.15) is 38.2 Å². The third-order valence-electron chi connectivity index (χ3n) is 4.27. The standard InChI is InChI=1S/C16H25NO2S/c1-14(2)20(18,19)13-12-17-10-8-16(9-11-17)15-6-4-3-5-7-15/h3-7,14,16H,8-13H2,1-2H3. The van der Waals surface area contributed by atoms with Crippen molar-refractivity contribution in [3.63, 3.8) is 0 Å². The van der Waals surface area contributed by atoms with Crippen molar-refractivity contribution in [3.05, 3.63) is 35.9 Å². The maximum atomic E-state index is 11.8. The first kappa shape index (κ1) is 15.5. The van der Waals surface area contributed by atoms with Gasteiger partial charge in [-0.05, 0) is 51.3 Å². The van der Waals surface area contributed by atoms with Crippen LogP contribution in [0.5, 0.6) is 0 Å². The van der Waals surface area contributed by atoms with Gasteiger partial charge >= 0.3 is 0 Å². The van der Waals surface area contributed by atoms with Gasteiger partial charge in [0.15, 0.2) is 9.84 Å². The highest BCUT2D eigenvalue weighted by atomic mass is 32.2. The summed E-state index contributed by atoms with van der Waals surface area (Å²) in [5, 5.41) is -0.260. The zero-order chi connectivity index (χ0) is 14.6. The predicted molar refractivity (Wildman–Crippen MR) is 83.8 cm³/mol. The quantitative estimate of drug-likeness (QED) is 0.838. The van der Waals surface area contributed by atoms with Crippen LogP contribution in [-0.4, -0.2) is 44.0 Å². The summed E-state index contributed by atoms with van der Waals surface area (Å²) in [6, 6.07) is 10.6. The molecule has 0 radical (unpaired) electrons. The lowest BCUT2D eigenvalue weighted by atomic mass is 9.89. The second-order valence-corrected chi connectivity index (χ2v) is 8.62. The fraction of sp³-hybridized carbons (Fsp3) is 0.625. The molecule has 4 heteroatoms. The summed E-state index contributed by atoms with van der Waals surface area (Å²) < 4.78 is 23.7. The molecule has 0 unspecified atom stereocenters. The maximum Gasteiger partial charge on any atom is 0.153 e. The summed E-state index contributed by atoms with van der Waals surface area (Å²) in [4.78, 5) is 2.29. The summed E-state index contributed by atoms with van der Waals surface area (Å²) in [7, 11) is -2.90. The molecule has 1 aliphatic rings. The smallest absolute Gasteiger partial charge is 0.153 e. The molecule has 2 rings (SSSR count). The average molecular weight is 295 g/mol. The Kier molecular flexibility index (Phi) is 5.22. The van der Waals surface area contributed by atoms with E-state index in [1.165, 1.54) is 5.56 Å². The van der Waals surface area contributed by atoms with Crippen LogP contribution in [0.25, 0.3) is 0 Å². The van der Waals surface area contributed by atoms with Crippen LogP contribution >= 0.6 is 0 Å². The number of piperidine rings is 1. The number of likely N-dealkylation sites (tertiary alicyclic amines) is 1. The van der Waals surface area contributed by atoms with Crippen molar-refractivity contribution in [2.24, 2.45) is 0 Å². The van der Waals surface area contributed by atoms with Crippen molar-refractivity contribution >= 4 is 9.84 Å². The Morgan fingerprint density at radius 1 is 1.15 bits per heavy atom. The molecule has 0 amide bonds. The lowest BCUT2D eigenvalue weighted by Crippen LogP contribution is -2.37. The van der Waals surface area contributed by atoms with Gasteiger partial charge in [0.2, 0.25) is 0 Å².